The summed E-state index contributed by atoms with van der Waals surface area (Å²) in [5, 5.41) is 0. The standard InChI is InChI=1S/C18H23N5O/c1-14(2)21-16-8-3-4-12-23(16)17(24)15-7-5-11-22(13-15)18-19-9-6-10-20-18/h3-4,6,8-10,12,14-15H,5,7,11,13H2,1-2H3. The van der Waals surface area contributed by atoms with Gasteiger partial charge in [-0.25, -0.2) is 9.97 Å². The van der Waals surface area contributed by atoms with Gasteiger partial charge in [-0.05, 0) is 44.9 Å². The predicted octanol–water partition coefficient (Wildman–Crippen LogP) is 2.14. The largest absolute Gasteiger partial charge is 0.340 e. The summed E-state index contributed by atoms with van der Waals surface area (Å²) in [5.74, 6) is 0.715. The molecule has 6 heteroatoms. The van der Waals surface area contributed by atoms with E-state index in [-0.39, 0.29) is 17.9 Å². The van der Waals surface area contributed by atoms with Crippen molar-refractivity contribution in [3.63, 3.8) is 0 Å². The average Bonchev–Trinajstić information content (AvgIpc) is 2.62. The molecule has 2 aromatic heterocycles. The number of anilines is 1. The molecule has 0 spiro atoms. The summed E-state index contributed by atoms with van der Waals surface area (Å²) in [6, 6.07) is 7.62. The molecule has 1 saturated heterocycles. The van der Waals surface area contributed by atoms with E-state index in [2.05, 4.69) is 19.9 Å². The predicted molar refractivity (Wildman–Crippen MR) is 92.7 cm³/mol. The van der Waals surface area contributed by atoms with Crippen LogP contribution in [0.5, 0.6) is 0 Å². The van der Waals surface area contributed by atoms with Crippen LogP contribution in [0.25, 0.3) is 0 Å². The maximum Gasteiger partial charge on any atom is 0.237 e. The van der Waals surface area contributed by atoms with Gasteiger partial charge >= 0.3 is 0 Å². The van der Waals surface area contributed by atoms with E-state index >= 15 is 0 Å². The first-order valence-electron chi connectivity index (χ1n) is 8.43. The number of hydrogen-bond donors (Lipinski definition) is 0. The number of pyridine rings is 1. The highest BCUT2D eigenvalue weighted by atomic mass is 16.2. The molecule has 1 aliphatic heterocycles. The van der Waals surface area contributed by atoms with Crippen LogP contribution in [0, 0.1) is 5.92 Å². The third-order valence-electron chi connectivity index (χ3n) is 4.07. The Morgan fingerprint density at radius 1 is 1.25 bits per heavy atom. The molecule has 24 heavy (non-hydrogen) atoms. The average molecular weight is 325 g/mol. The lowest BCUT2D eigenvalue weighted by Crippen LogP contribution is -2.43. The summed E-state index contributed by atoms with van der Waals surface area (Å²) < 4.78 is 1.68. The first kappa shape index (κ1) is 16.4. The van der Waals surface area contributed by atoms with Crippen LogP contribution in [0.2, 0.25) is 0 Å². The zero-order chi connectivity index (χ0) is 16.9. The molecule has 0 bridgehead atoms. The van der Waals surface area contributed by atoms with Gasteiger partial charge in [0.15, 0.2) is 0 Å². The summed E-state index contributed by atoms with van der Waals surface area (Å²) in [4.78, 5) is 28.3. The minimum absolute atomic E-state index is 0.0731. The second kappa shape index (κ2) is 7.38. The molecule has 0 amide bonds. The molecular weight excluding hydrogens is 302 g/mol. The Hall–Kier alpha value is -2.50. The molecule has 1 aliphatic rings. The van der Waals surface area contributed by atoms with Gasteiger partial charge in [0.05, 0.1) is 5.92 Å². The number of piperidine rings is 1. The number of rotatable bonds is 3. The van der Waals surface area contributed by atoms with E-state index in [0.29, 0.717) is 18.0 Å². The summed E-state index contributed by atoms with van der Waals surface area (Å²) in [6.45, 7) is 5.55. The monoisotopic (exact) mass is 325 g/mol. The van der Waals surface area contributed by atoms with Crippen LogP contribution < -0.4 is 10.4 Å². The van der Waals surface area contributed by atoms with Crippen LogP contribution >= 0.6 is 0 Å². The van der Waals surface area contributed by atoms with E-state index in [1.807, 2.05) is 38.2 Å². The van der Waals surface area contributed by atoms with Gasteiger partial charge in [-0.3, -0.25) is 14.4 Å². The van der Waals surface area contributed by atoms with Gasteiger partial charge in [0, 0.05) is 37.7 Å². The zero-order valence-corrected chi connectivity index (χ0v) is 14.2. The third-order valence-corrected chi connectivity index (χ3v) is 4.07. The minimum Gasteiger partial charge on any atom is -0.340 e. The molecule has 3 rings (SSSR count). The Labute approximate surface area is 141 Å². The third kappa shape index (κ3) is 3.69. The van der Waals surface area contributed by atoms with Crippen LogP contribution in [0.3, 0.4) is 0 Å². The zero-order valence-electron chi connectivity index (χ0n) is 14.2. The highest BCUT2D eigenvalue weighted by Gasteiger charge is 2.28. The number of carbonyl (C=O) groups is 1. The van der Waals surface area contributed by atoms with Gasteiger partial charge in [-0.15, -0.1) is 0 Å². The molecular formula is C18H23N5O. The molecule has 0 radical (unpaired) electrons. The van der Waals surface area contributed by atoms with Crippen LogP contribution in [0.15, 0.2) is 47.8 Å². The van der Waals surface area contributed by atoms with Gasteiger partial charge < -0.3 is 4.90 Å². The van der Waals surface area contributed by atoms with Gasteiger partial charge in [-0.2, -0.15) is 0 Å². The Balaban J connectivity index is 1.83. The second-order valence-electron chi connectivity index (χ2n) is 6.32. The molecule has 3 heterocycles. The van der Waals surface area contributed by atoms with Crippen LogP contribution in [-0.4, -0.2) is 39.6 Å². The fourth-order valence-electron chi connectivity index (χ4n) is 3.00. The van der Waals surface area contributed by atoms with Crippen LogP contribution in [0.1, 0.15) is 31.5 Å². The summed E-state index contributed by atoms with van der Waals surface area (Å²) in [5.41, 5.74) is 0.714. The maximum absolute atomic E-state index is 13.0. The minimum atomic E-state index is -0.0731. The van der Waals surface area contributed by atoms with Crippen molar-refractivity contribution in [3.05, 3.63) is 48.3 Å². The van der Waals surface area contributed by atoms with E-state index in [1.165, 1.54) is 0 Å². The first-order chi connectivity index (χ1) is 11.6. The fourth-order valence-corrected chi connectivity index (χ4v) is 3.00. The quantitative estimate of drug-likeness (QED) is 0.867. The molecule has 1 atom stereocenters. The lowest BCUT2D eigenvalue weighted by molar-refractivity contribution is 0.0814. The van der Waals surface area contributed by atoms with Crippen molar-refractivity contribution in [2.45, 2.75) is 32.7 Å². The molecule has 1 unspecified atom stereocenters. The Morgan fingerprint density at radius 2 is 2.04 bits per heavy atom. The van der Waals surface area contributed by atoms with Crippen molar-refractivity contribution < 1.29 is 4.79 Å². The highest BCUT2D eigenvalue weighted by Crippen LogP contribution is 2.21. The van der Waals surface area contributed by atoms with Gasteiger partial charge in [-0.1, -0.05) is 6.07 Å². The van der Waals surface area contributed by atoms with Crippen molar-refractivity contribution in [2.24, 2.45) is 10.9 Å². The van der Waals surface area contributed by atoms with E-state index in [9.17, 15) is 4.79 Å². The Morgan fingerprint density at radius 3 is 2.79 bits per heavy atom. The van der Waals surface area contributed by atoms with Crippen molar-refractivity contribution in [1.82, 2.24) is 14.5 Å². The molecule has 0 aliphatic carbocycles. The summed E-state index contributed by atoms with van der Waals surface area (Å²) in [7, 11) is 0. The number of nitrogens with zero attached hydrogens (tertiary/aromatic N) is 5. The first-order valence-corrected chi connectivity index (χ1v) is 8.43. The maximum atomic E-state index is 13.0. The van der Waals surface area contributed by atoms with Gasteiger partial charge in [0.25, 0.3) is 0 Å². The summed E-state index contributed by atoms with van der Waals surface area (Å²) in [6.07, 6.45) is 7.12. The van der Waals surface area contributed by atoms with Crippen molar-refractivity contribution >= 4 is 11.9 Å². The molecule has 1 fully saturated rings. The van der Waals surface area contributed by atoms with Crippen molar-refractivity contribution in [2.75, 3.05) is 18.0 Å². The van der Waals surface area contributed by atoms with Crippen molar-refractivity contribution in [3.8, 4) is 0 Å². The lowest BCUT2D eigenvalue weighted by atomic mass is 9.97. The number of hydrogen-bond acceptors (Lipinski definition) is 5. The van der Waals surface area contributed by atoms with Gasteiger partial charge in [0.2, 0.25) is 11.9 Å². The normalized spacial score (nSPS) is 18.9. The van der Waals surface area contributed by atoms with E-state index in [1.54, 1.807) is 23.0 Å². The Bertz CT molecular complexity index is 753. The number of aromatic nitrogens is 3. The molecule has 0 N–H and O–H groups in total. The fraction of sp³-hybridized carbons (Fsp3) is 0.444. The SMILES string of the molecule is CC(C)N=c1ccccn1C(=O)C1CCCN(c2ncccn2)C1. The van der Waals surface area contributed by atoms with E-state index < -0.39 is 0 Å². The molecule has 6 nitrogen and oxygen atoms in total. The van der Waals surface area contributed by atoms with E-state index in [0.717, 1.165) is 19.4 Å². The molecule has 126 valence electrons. The topological polar surface area (TPSA) is 63.4 Å². The second-order valence-corrected chi connectivity index (χ2v) is 6.32. The number of carbonyl (C=O) groups excluding carboxylic acids is 1. The molecule has 0 saturated carbocycles. The van der Waals surface area contributed by atoms with Gasteiger partial charge in [0.1, 0.15) is 5.49 Å². The molecule has 2 aromatic rings. The highest BCUT2D eigenvalue weighted by molar-refractivity contribution is 5.82. The Kier molecular flexibility index (Phi) is 5.03. The lowest BCUT2D eigenvalue weighted by Gasteiger charge is -2.32. The van der Waals surface area contributed by atoms with E-state index in [4.69, 9.17) is 0 Å². The summed E-state index contributed by atoms with van der Waals surface area (Å²) >= 11 is 0. The smallest absolute Gasteiger partial charge is 0.237 e. The molecule has 0 aromatic carbocycles. The van der Waals surface area contributed by atoms with Crippen LogP contribution in [-0.2, 0) is 0 Å². The van der Waals surface area contributed by atoms with Crippen molar-refractivity contribution in [1.29, 1.82) is 0 Å². The van der Waals surface area contributed by atoms with Crippen LogP contribution in [0.4, 0.5) is 5.95 Å².